The molecular weight excluding hydrogens is 226 g/mol. The summed E-state index contributed by atoms with van der Waals surface area (Å²) in [6, 6.07) is 2.15. The minimum Gasteiger partial charge on any atom is -0.373 e. The van der Waals surface area contributed by atoms with Gasteiger partial charge < -0.3 is 10.2 Å². The maximum Gasteiger partial charge on any atom is 0.137 e. The zero-order valence-electron chi connectivity index (χ0n) is 11.8. The van der Waals surface area contributed by atoms with Gasteiger partial charge in [0, 0.05) is 32.1 Å². The Bertz CT molecular complexity index is 447. The molecule has 1 rings (SSSR count). The van der Waals surface area contributed by atoms with Crippen molar-refractivity contribution in [1.82, 2.24) is 9.97 Å². The van der Waals surface area contributed by atoms with E-state index in [9.17, 15) is 0 Å². The van der Waals surface area contributed by atoms with E-state index in [-0.39, 0.29) is 5.92 Å². The number of hydrogen-bond donors (Lipinski definition) is 1. The first kappa shape index (κ1) is 14.2. The Hall–Kier alpha value is -1.83. The minimum atomic E-state index is 0.279. The van der Waals surface area contributed by atoms with E-state index in [1.54, 1.807) is 0 Å². The quantitative estimate of drug-likeness (QED) is 0.865. The maximum atomic E-state index is 8.65. The second-order valence-electron chi connectivity index (χ2n) is 4.61. The summed E-state index contributed by atoms with van der Waals surface area (Å²) < 4.78 is 0. The van der Waals surface area contributed by atoms with Crippen LogP contribution in [-0.2, 0) is 0 Å². The zero-order chi connectivity index (χ0) is 13.7. The van der Waals surface area contributed by atoms with Crippen molar-refractivity contribution in [3.05, 3.63) is 11.4 Å². The molecule has 0 aliphatic heterocycles. The summed E-state index contributed by atoms with van der Waals surface area (Å²) in [6.45, 7) is 6.82. The number of aromatic nitrogens is 2. The van der Waals surface area contributed by atoms with Crippen molar-refractivity contribution in [3.63, 3.8) is 0 Å². The topological polar surface area (TPSA) is 64.8 Å². The van der Waals surface area contributed by atoms with Crippen molar-refractivity contribution in [2.75, 3.05) is 30.9 Å². The summed E-state index contributed by atoms with van der Waals surface area (Å²) >= 11 is 0. The molecule has 0 radical (unpaired) electrons. The smallest absolute Gasteiger partial charge is 0.137 e. The monoisotopic (exact) mass is 247 g/mol. The van der Waals surface area contributed by atoms with E-state index in [1.165, 1.54) is 0 Å². The molecule has 1 aromatic rings. The third-order valence-corrected chi connectivity index (χ3v) is 2.81. The summed E-state index contributed by atoms with van der Waals surface area (Å²) in [5, 5.41) is 11.8. The number of anilines is 2. The van der Waals surface area contributed by atoms with E-state index in [4.69, 9.17) is 5.26 Å². The van der Waals surface area contributed by atoms with E-state index in [2.05, 4.69) is 35.2 Å². The Balaban J connectivity index is 3.16. The van der Waals surface area contributed by atoms with Gasteiger partial charge in [0.25, 0.3) is 0 Å². The highest BCUT2D eigenvalue weighted by Gasteiger charge is 2.14. The number of nitrogens with one attached hydrogen (secondary N) is 1. The molecule has 0 amide bonds. The Kier molecular flexibility index (Phi) is 4.90. The SMILES string of the molecule is CNc1nc(C(C)C)nc(N(C)CCC#N)c1C. The largest absolute Gasteiger partial charge is 0.373 e. The number of hydrogen-bond acceptors (Lipinski definition) is 5. The molecule has 0 aromatic carbocycles. The van der Waals surface area contributed by atoms with Crippen molar-refractivity contribution < 1.29 is 0 Å². The van der Waals surface area contributed by atoms with E-state index in [0.29, 0.717) is 13.0 Å². The highest BCUT2D eigenvalue weighted by molar-refractivity contribution is 5.58. The molecule has 0 aliphatic carbocycles. The van der Waals surface area contributed by atoms with E-state index >= 15 is 0 Å². The van der Waals surface area contributed by atoms with Crippen LogP contribution in [0.4, 0.5) is 11.6 Å². The van der Waals surface area contributed by atoms with Crippen molar-refractivity contribution >= 4 is 11.6 Å². The molecule has 0 atom stereocenters. The lowest BCUT2D eigenvalue weighted by molar-refractivity contribution is 0.760. The van der Waals surface area contributed by atoms with Gasteiger partial charge in [0.15, 0.2) is 0 Å². The molecule has 1 aromatic heterocycles. The van der Waals surface area contributed by atoms with Crippen LogP contribution in [0.5, 0.6) is 0 Å². The van der Waals surface area contributed by atoms with Gasteiger partial charge >= 0.3 is 0 Å². The molecule has 0 aliphatic rings. The van der Waals surface area contributed by atoms with Crippen LogP contribution in [0.15, 0.2) is 0 Å². The van der Waals surface area contributed by atoms with Crippen molar-refractivity contribution in [2.45, 2.75) is 33.1 Å². The molecule has 0 fully saturated rings. The lowest BCUT2D eigenvalue weighted by Gasteiger charge is -2.21. The van der Waals surface area contributed by atoms with Crippen LogP contribution >= 0.6 is 0 Å². The van der Waals surface area contributed by atoms with Gasteiger partial charge in [0.2, 0.25) is 0 Å². The fourth-order valence-electron chi connectivity index (χ4n) is 1.72. The van der Waals surface area contributed by atoms with Gasteiger partial charge in [-0.25, -0.2) is 9.97 Å². The fourth-order valence-corrected chi connectivity index (χ4v) is 1.72. The molecule has 1 heterocycles. The third kappa shape index (κ3) is 3.10. The van der Waals surface area contributed by atoms with E-state index in [0.717, 1.165) is 23.0 Å². The first-order valence-corrected chi connectivity index (χ1v) is 6.15. The predicted molar refractivity (Wildman–Crippen MR) is 73.9 cm³/mol. The predicted octanol–water partition coefficient (Wildman–Crippen LogP) is 2.30. The summed E-state index contributed by atoms with van der Waals surface area (Å²) in [7, 11) is 3.81. The standard InChI is InChI=1S/C13H21N5/c1-9(2)11-16-12(15-4)10(3)13(17-11)18(5)8-6-7-14/h9H,6,8H2,1-5H3,(H,15,16,17). The highest BCUT2D eigenvalue weighted by atomic mass is 15.2. The van der Waals surface area contributed by atoms with Crippen molar-refractivity contribution in [2.24, 2.45) is 0 Å². The van der Waals surface area contributed by atoms with Crippen LogP contribution in [0.25, 0.3) is 0 Å². The lowest BCUT2D eigenvalue weighted by atomic mass is 10.2. The fraction of sp³-hybridized carbons (Fsp3) is 0.615. The first-order valence-electron chi connectivity index (χ1n) is 6.15. The van der Waals surface area contributed by atoms with Gasteiger partial charge in [0.05, 0.1) is 12.5 Å². The molecule has 0 unspecified atom stereocenters. The lowest BCUT2D eigenvalue weighted by Crippen LogP contribution is -2.22. The van der Waals surface area contributed by atoms with E-state index < -0.39 is 0 Å². The normalized spacial score (nSPS) is 10.3. The van der Waals surface area contributed by atoms with Gasteiger partial charge in [-0.3, -0.25) is 0 Å². The van der Waals surface area contributed by atoms with Crippen LogP contribution in [0, 0.1) is 18.3 Å². The molecule has 0 saturated carbocycles. The van der Waals surface area contributed by atoms with Crippen LogP contribution in [0.3, 0.4) is 0 Å². The maximum absolute atomic E-state index is 8.65. The molecule has 0 saturated heterocycles. The summed E-state index contributed by atoms with van der Waals surface area (Å²) in [4.78, 5) is 11.1. The van der Waals surface area contributed by atoms with Gasteiger partial charge in [-0.05, 0) is 6.92 Å². The Morgan fingerprint density at radius 1 is 1.39 bits per heavy atom. The van der Waals surface area contributed by atoms with Crippen molar-refractivity contribution in [1.29, 1.82) is 5.26 Å². The minimum absolute atomic E-state index is 0.279. The average Bonchev–Trinajstić information content (AvgIpc) is 2.35. The molecule has 1 N–H and O–H groups in total. The van der Waals surface area contributed by atoms with Crippen LogP contribution in [0.2, 0.25) is 0 Å². The van der Waals surface area contributed by atoms with Crippen LogP contribution in [0.1, 0.15) is 37.6 Å². The summed E-state index contributed by atoms with van der Waals surface area (Å²) in [5.74, 6) is 2.85. The molecule has 5 heteroatoms. The second-order valence-corrected chi connectivity index (χ2v) is 4.61. The van der Waals surface area contributed by atoms with Gasteiger partial charge in [0.1, 0.15) is 17.5 Å². The Morgan fingerprint density at radius 2 is 2.06 bits per heavy atom. The zero-order valence-corrected chi connectivity index (χ0v) is 11.8. The molecule has 0 spiro atoms. The number of rotatable bonds is 5. The second kappa shape index (κ2) is 6.20. The molecule has 18 heavy (non-hydrogen) atoms. The number of nitriles is 1. The molecular formula is C13H21N5. The Morgan fingerprint density at radius 3 is 2.56 bits per heavy atom. The van der Waals surface area contributed by atoms with Crippen LogP contribution < -0.4 is 10.2 Å². The summed E-state index contributed by atoms with van der Waals surface area (Å²) in [6.07, 6.45) is 0.492. The third-order valence-electron chi connectivity index (χ3n) is 2.81. The first-order chi connectivity index (χ1) is 8.51. The highest BCUT2D eigenvalue weighted by Crippen LogP contribution is 2.25. The van der Waals surface area contributed by atoms with Gasteiger partial charge in [-0.1, -0.05) is 13.8 Å². The number of nitrogens with zero attached hydrogens (tertiary/aromatic N) is 4. The van der Waals surface area contributed by atoms with Gasteiger partial charge in [-0.2, -0.15) is 5.26 Å². The summed E-state index contributed by atoms with van der Waals surface area (Å²) in [5.41, 5.74) is 1.02. The van der Waals surface area contributed by atoms with E-state index in [1.807, 2.05) is 25.9 Å². The van der Waals surface area contributed by atoms with Crippen molar-refractivity contribution in [3.8, 4) is 6.07 Å². The van der Waals surface area contributed by atoms with Gasteiger partial charge in [-0.15, -0.1) is 0 Å². The molecule has 0 bridgehead atoms. The Labute approximate surface area is 109 Å². The molecule has 98 valence electrons. The average molecular weight is 247 g/mol. The molecule has 5 nitrogen and oxygen atoms in total. The van der Waals surface area contributed by atoms with Crippen LogP contribution in [-0.4, -0.2) is 30.6 Å².